The molecule has 6 nitrogen and oxygen atoms in total. The van der Waals surface area contributed by atoms with E-state index in [1.165, 1.54) is 0 Å². The summed E-state index contributed by atoms with van der Waals surface area (Å²) in [5, 5.41) is 9.08. The van der Waals surface area contributed by atoms with Crippen molar-refractivity contribution in [2.24, 2.45) is 5.92 Å². The number of hydrogen-bond donors (Lipinski definition) is 1. The lowest BCUT2D eigenvalue weighted by atomic mass is 9.97. The van der Waals surface area contributed by atoms with Crippen molar-refractivity contribution in [2.45, 2.75) is 19.4 Å². The Hall–Kier alpha value is -3.09. The highest BCUT2D eigenvalue weighted by Crippen LogP contribution is 2.31. The second-order valence-electron chi connectivity index (χ2n) is 8.22. The van der Waals surface area contributed by atoms with Gasteiger partial charge in [-0.05, 0) is 42.7 Å². The van der Waals surface area contributed by atoms with Gasteiger partial charge in [0, 0.05) is 42.6 Å². The molecule has 1 fully saturated rings. The Balaban J connectivity index is 1.34. The second kappa shape index (κ2) is 9.41. The number of rotatable bonds is 5. The van der Waals surface area contributed by atoms with Gasteiger partial charge in [-0.25, -0.2) is 9.50 Å². The summed E-state index contributed by atoms with van der Waals surface area (Å²) in [5.74, 6) is 0.776. The Bertz CT molecular complexity index is 1300. The third-order valence-corrected chi connectivity index (χ3v) is 6.53. The Morgan fingerprint density at radius 1 is 1.12 bits per heavy atom. The standard InChI is InChI=1S/C25H23Cl2N5O/c26-19-7-3-5-17(13-19)15-29-25(33)18-6-4-11-31(16-18)24-23-14-22(30-32(23)12-10-28-24)20-8-1-2-9-21(20)27/h1-3,5,7-10,12-14,18H,4,6,11,15-16H2,(H,29,33)/t18-/m0/s1. The summed E-state index contributed by atoms with van der Waals surface area (Å²) in [4.78, 5) is 19.7. The molecule has 1 amide bonds. The topological polar surface area (TPSA) is 62.5 Å². The number of amides is 1. The van der Waals surface area contributed by atoms with Crippen LogP contribution in [0.2, 0.25) is 10.0 Å². The lowest BCUT2D eigenvalue weighted by Gasteiger charge is -2.33. The molecule has 5 rings (SSSR count). The fraction of sp³-hybridized carbons (Fsp3) is 0.240. The number of fused-ring (bicyclic) bond motifs is 1. The minimum absolute atomic E-state index is 0.0527. The molecule has 1 aliphatic heterocycles. The monoisotopic (exact) mass is 479 g/mol. The van der Waals surface area contributed by atoms with Crippen LogP contribution in [-0.2, 0) is 11.3 Å². The van der Waals surface area contributed by atoms with E-state index < -0.39 is 0 Å². The zero-order valence-electron chi connectivity index (χ0n) is 17.9. The van der Waals surface area contributed by atoms with Crippen LogP contribution >= 0.6 is 23.2 Å². The summed E-state index contributed by atoms with van der Waals surface area (Å²) >= 11 is 12.4. The minimum Gasteiger partial charge on any atom is -0.354 e. The molecule has 1 aliphatic rings. The number of carbonyl (C=O) groups is 1. The first-order valence-corrected chi connectivity index (χ1v) is 11.7. The Labute approximate surface area is 202 Å². The van der Waals surface area contributed by atoms with Crippen LogP contribution in [-0.4, -0.2) is 33.6 Å². The molecule has 1 N–H and O–H groups in total. The fourth-order valence-electron chi connectivity index (χ4n) is 4.32. The predicted octanol–water partition coefficient (Wildman–Crippen LogP) is 5.24. The molecule has 1 atom stereocenters. The number of hydrogen-bond acceptors (Lipinski definition) is 4. The first-order valence-electron chi connectivity index (χ1n) is 10.9. The number of anilines is 1. The average Bonchev–Trinajstić information content (AvgIpc) is 3.27. The number of benzene rings is 2. The first kappa shape index (κ1) is 21.7. The Morgan fingerprint density at radius 3 is 2.85 bits per heavy atom. The highest BCUT2D eigenvalue weighted by molar-refractivity contribution is 6.33. The molecule has 168 valence electrons. The average molecular weight is 480 g/mol. The summed E-state index contributed by atoms with van der Waals surface area (Å²) in [6.45, 7) is 1.92. The van der Waals surface area contributed by atoms with Crippen molar-refractivity contribution in [1.82, 2.24) is 19.9 Å². The molecular weight excluding hydrogens is 457 g/mol. The fourth-order valence-corrected chi connectivity index (χ4v) is 4.76. The van der Waals surface area contributed by atoms with Crippen LogP contribution in [0.15, 0.2) is 67.0 Å². The van der Waals surface area contributed by atoms with Gasteiger partial charge >= 0.3 is 0 Å². The molecule has 0 bridgehead atoms. The van der Waals surface area contributed by atoms with Crippen LogP contribution in [0, 0.1) is 5.92 Å². The van der Waals surface area contributed by atoms with Gasteiger partial charge in [0.2, 0.25) is 5.91 Å². The van der Waals surface area contributed by atoms with Crippen LogP contribution < -0.4 is 10.2 Å². The highest BCUT2D eigenvalue weighted by atomic mass is 35.5. The minimum atomic E-state index is -0.106. The lowest BCUT2D eigenvalue weighted by molar-refractivity contribution is -0.125. The number of halogens is 2. The van der Waals surface area contributed by atoms with Gasteiger partial charge in [-0.3, -0.25) is 4.79 Å². The van der Waals surface area contributed by atoms with Gasteiger partial charge in [-0.1, -0.05) is 53.5 Å². The van der Waals surface area contributed by atoms with Gasteiger partial charge in [-0.2, -0.15) is 5.10 Å². The van der Waals surface area contributed by atoms with Gasteiger partial charge in [0.15, 0.2) is 5.82 Å². The zero-order chi connectivity index (χ0) is 22.8. The van der Waals surface area contributed by atoms with E-state index in [1.807, 2.05) is 65.3 Å². The van der Waals surface area contributed by atoms with E-state index >= 15 is 0 Å². The zero-order valence-corrected chi connectivity index (χ0v) is 19.4. The van der Waals surface area contributed by atoms with Crippen LogP contribution in [0.1, 0.15) is 18.4 Å². The molecule has 3 heterocycles. The van der Waals surface area contributed by atoms with E-state index in [2.05, 4.69) is 15.2 Å². The molecular formula is C25H23Cl2N5O. The molecule has 2 aromatic heterocycles. The van der Waals surface area contributed by atoms with Crippen molar-refractivity contribution in [3.05, 3.63) is 82.6 Å². The number of nitrogens with zero attached hydrogens (tertiary/aromatic N) is 4. The number of nitrogens with one attached hydrogen (secondary N) is 1. The Kier molecular flexibility index (Phi) is 6.20. The van der Waals surface area contributed by atoms with Crippen molar-refractivity contribution in [3.63, 3.8) is 0 Å². The molecule has 0 saturated carbocycles. The smallest absolute Gasteiger partial charge is 0.225 e. The molecule has 2 aromatic carbocycles. The van der Waals surface area contributed by atoms with E-state index in [-0.39, 0.29) is 11.8 Å². The second-order valence-corrected chi connectivity index (χ2v) is 9.07. The summed E-state index contributed by atoms with van der Waals surface area (Å²) in [6.07, 6.45) is 5.35. The van der Waals surface area contributed by atoms with Crippen molar-refractivity contribution in [3.8, 4) is 11.3 Å². The van der Waals surface area contributed by atoms with Gasteiger partial charge < -0.3 is 10.2 Å². The van der Waals surface area contributed by atoms with Gasteiger partial charge in [0.25, 0.3) is 0 Å². The normalized spacial score (nSPS) is 16.2. The van der Waals surface area contributed by atoms with Gasteiger partial charge in [0.1, 0.15) is 5.52 Å². The molecule has 0 aliphatic carbocycles. The SMILES string of the molecule is O=C(NCc1cccc(Cl)c1)[C@H]1CCCN(c2nccn3nc(-c4ccccc4Cl)cc23)C1. The van der Waals surface area contributed by atoms with Gasteiger partial charge in [0.05, 0.1) is 16.6 Å². The predicted molar refractivity (Wildman–Crippen MR) is 132 cm³/mol. The van der Waals surface area contributed by atoms with Crippen molar-refractivity contribution in [1.29, 1.82) is 0 Å². The summed E-state index contributed by atoms with van der Waals surface area (Å²) in [7, 11) is 0. The maximum atomic E-state index is 12.9. The van der Waals surface area contributed by atoms with Crippen molar-refractivity contribution < 1.29 is 4.79 Å². The van der Waals surface area contributed by atoms with Gasteiger partial charge in [-0.15, -0.1) is 0 Å². The first-order chi connectivity index (χ1) is 16.1. The van der Waals surface area contributed by atoms with Crippen LogP contribution in [0.4, 0.5) is 5.82 Å². The Morgan fingerprint density at radius 2 is 2.00 bits per heavy atom. The molecule has 0 radical (unpaired) electrons. The van der Waals surface area contributed by atoms with E-state index in [4.69, 9.17) is 28.3 Å². The summed E-state index contributed by atoms with van der Waals surface area (Å²) < 4.78 is 1.82. The van der Waals surface area contributed by atoms with Crippen molar-refractivity contribution >= 4 is 40.4 Å². The van der Waals surface area contributed by atoms with Crippen LogP contribution in [0.3, 0.4) is 0 Å². The number of piperidine rings is 1. The van der Waals surface area contributed by atoms with E-state index in [1.54, 1.807) is 6.20 Å². The lowest BCUT2D eigenvalue weighted by Crippen LogP contribution is -2.43. The quantitative estimate of drug-likeness (QED) is 0.425. The molecule has 0 unspecified atom stereocenters. The molecule has 33 heavy (non-hydrogen) atoms. The number of aromatic nitrogens is 3. The highest BCUT2D eigenvalue weighted by Gasteiger charge is 2.28. The maximum Gasteiger partial charge on any atom is 0.225 e. The largest absolute Gasteiger partial charge is 0.354 e. The van der Waals surface area contributed by atoms with Crippen LogP contribution in [0.25, 0.3) is 16.8 Å². The number of carbonyl (C=O) groups excluding carboxylic acids is 1. The van der Waals surface area contributed by atoms with E-state index in [0.717, 1.165) is 47.5 Å². The van der Waals surface area contributed by atoms with Crippen molar-refractivity contribution in [2.75, 3.05) is 18.0 Å². The maximum absolute atomic E-state index is 12.9. The summed E-state index contributed by atoms with van der Waals surface area (Å²) in [5.41, 5.74) is 3.56. The molecule has 4 aromatic rings. The van der Waals surface area contributed by atoms with Crippen LogP contribution in [0.5, 0.6) is 0 Å². The molecule has 0 spiro atoms. The van der Waals surface area contributed by atoms with E-state index in [9.17, 15) is 4.79 Å². The molecule has 1 saturated heterocycles. The summed E-state index contributed by atoms with van der Waals surface area (Å²) in [6, 6.07) is 17.2. The van der Waals surface area contributed by atoms with E-state index in [0.29, 0.717) is 23.1 Å². The molecule has 8 heteroatoms. The third kappa shape index (κ3) is 4.68. The third-order valence-electron chi connectivity index (χ3n) is 5.97.